The minimum absolute atomic E-state index is 0.0845. The van der Waals surface area contributed by atoms with Crippen molar-refractivity contribution in [2.24, 2.45) is 5.92 Å². The van der Waals surface area contributed by atoms with Gasteiger partial charge < -0.3 is 4.74 Å². The molecular formula is C25H28N2O3. The van der Waals surface area contributed by atoms with E-state index in [0.29, 0.717) is 17.0 Å². The lowest BCUT2D eigenvalue weighted by molar-refractivity contribution is -0.146. The molecule has 3 aromatic rings. The van der Waals surface area contributed by atoms with E-state index in [1.54, 1.807) is 36.4 Å². The first-order chi connectivity index (χ1) is 14.4. The van der Waals surface area contributed by atoms with Crippen LogP contribution in [0.1, 0.15) is 52.8 Å². The lowest BCUT2D eigenvalue weighted by atomic mass is 9.99. The number of carbonyl (C=O) groups excluding carboxylic acids is 2. The molecule has 0 saturated heterocycles. The average molecular weight is 405 g/mol. The van der Waals surface area contributed by atoms with Crippen LogP contribution in [0.5, 0.6) is 0 Å². The second-order valence-corrected chi connectivity index (χ2v) is 7.91. The largest absolute Gasteiger partial charge is 0.449 e. The summed E-state index contributed by atoms with van der Waals surface area (Å²) in [6, 6.07) is 18.0. The Kier molecular flexibility index (Phi) is 6.83. The second-order valence-electron chi connectivity index (χ2n) is 7.91. The van der Waals surface area contributed by atoms with Crippen LogP contribution in [0.4, 0.5) is 0 Å². The molecule has 1 heterocycles. The van der Waals surface area contributed by atoms with Crippen molar-refractivity contribution in [3.8, 4) is 0 Å². The van der Waals surface area contributed by atoms with Gasteiger partial charge in [-0.15, -0.1) is 0 Å². The maximum atomic E-state index is 13.1. The van der Waals surface area contributed by atoms with Crippen LogP contribution in [0.15, 0.2) is 60.7 Å². The van der Waals surface area contributed by atoms with Gasteiger partial charge in [0, 0.05) is 28.9 Å². The molecule has 2 aromatic carbocycles. The first-order valence-electron chi connectivity index (χ1n) is 10.2. The van der Waals surface area contributed by atoms with E-state index in [4.69, 9.17) is 4.74 Å². The number of ketones is 1. The molecule has 0 bridgehead atoms. The quantitative estimate of drug-likeness (QED) is 0.397. The van der Waals surface area contributed by atoms with Crippen LogP contribution >= 0.6 is 0 Å². The molecule has 30 heavy (non-hydrogen) atoms. The predicted molar refractivity (Wildman–Crippen MR) is 116 cm³/mol. The van der Waals surface area contributed by atoms with Crippen LogP contribution in [0.3, 0.4) is 0 Å². The lowest BCUT2D eigenvalue weighted by Gasteiger charge is -2.17. The molecule has 1 unspecified atom stereocenters. The van der Waals surface area contributed by atoms with Gasteiger partial charge in [0.05, 0.1) is 12.1 Å². The van der Waals surface area contributed by atoms with Crippen molar-refractivity contribution in [1.29, 1.82) is 0 Å². The van der Waals surface area contributed by atoms with Gasteiger partial charge in [0.25, 0.3) is 0 Å². The summed E-state index contributed by atoms with van der Waals surface area (Å²) in [6.07, 6.45) is -0.895. The number of Topliss-reactive ketones (excluding diaryl/α,β-unsaturated/α-hetero) is 1. The minimum Gasteiger partial charge on any atom is -0.449 e. The van der Waals surface area contributed by atoms with Gasteiger partial charge in [-0.2, -0.15) is 5.10 Å². The zero-order valence-electron chi connectivity index (χ0n) is 18.0. The van der Waals surface area contributed by atoms with E-state index in [1.807, 2.05) is 42.8 Å². The third-order valence-electron chi connectivity index (χ3n) is 5.04. The van der Waals surface area contributed by atoms with E-state index in [0.717, 1.165) is 23.5 Å². The smallest absolute Gasteiger partial charge is 0.311 e. The molecule has 0 aliphatic rings. The van der Waals surface area contributed by atoms with Crippen molar-refractivity contribution in [3.05, 3.63) is 88.7 Å². The van der Waals surface area contributed by atoms with Crippen molar-refractivity contribution in [3.63, 3.8) is 0 Å². The van der Waals surface area contributed by atoms with Gasteiger partial charge in [0.1, 0.15) is 0 Å². The molecule has 0 aliphatic carbocycles. The lowest BCUT2D eigenvalue weighted by Crippen LogP contribution is -2.21. The summed E-state index contributed by atoms with van der Waals surface area (Å²) in [5.74, 6) is -0.226. The first kappa shape index (κ1) is 21.5. The Labute approximate surface area is 177 Å². The van der Waals surface area contributed by atoms with Crippen molar-refractivity contribution in [2.75, 3.05) is 0 Å². The number of benzene rings is 2. The number of hydrogen-bond acceptors (Lipinski definition) is 4. The van der Waals surface area contributed by atoms with Gasteiger partial charge in [-0.25, -0.2) is 0 Å². The molecule has 1 atom stereocenters. The maximum Gasteiger partial charge on any atom is 0.311 e. The van der Waals surface area contributed by atoms with Crippen LogP contribution in [-0.4, -0.2) is 21.5 Å². The van der Waals surface area contributed by atoms with Gasteiger partial charge in [0.2, 0.25) is 5.78 Å². The summed E-state index contributed by atoms with van der Waals surface area (Å²) < 4.78 is 7.67. The van der Waals surface area contributed by atoms with Crippen LogP contribution in [0.2, 0.25) is 0 Å². The molecule has 5 heteroatoms. The molecule has 0 amide bonds. The average Bonchev–Trinajstić information content (AvgIpc) is 2.99. The fraction of sp³-hybridized carbons (Fsp3) is 0.320. The molecule has 0 N–H and O–H groups in total. The van der Waals surface area contributed by atoms with Gasteiger partial charge >= 0.3 is 5.97 Å². The normalized spacial score (nSPS) is 12.0. The summed E-state index contributed by atoms with van der Waals surface area (Å²) in [4.78, 5) is 26.0. The highest BCUT2D eigenvalue weighted by molar-refractivity contribution is 6.01. The van der Waals surface area contributed by atoms with Crippen molar-refractivity contribution in [2.45, 2.75) is 46.8 Å². The second kappa shape index (κ2) is 9.53. The summed E-state index contributed by atoms with van der Waals surface area (Å²) in [6.45, 7) is 8.92. The van der Waals surface area contributed by atoms with E-state index < -0.39 is 12.1 Å². The molecule has 156 valence electrons. The third-order valence-corrected chi connectivity index (χ3v) is 5.04. The Morgan fingerprint density at radius 3 is 2.17 bits per heavy atom. The Hall–Kier alpha value is -3.21. The number of nitrogens with zero attached hydrogens (tertiary/aromatic N) is 2. The number of rotatable bonds is 8. The standard InChI is InChI=1S/C25H28N2O3/c1-17(2)16-27-19(4)22(18(3)26-27)15-23(28)30-25(21-13-9-6-10-14-21)24(29)20-11-7-5-8-12-20/h5-14,17,25H,15-16H2,1-4H3. The Morgan fingerprint density at radius 1 is 0.967 bits per heavy atom. The Bertz CT molecular complexity index is 1010. The van der Waals surface area contributed by atoms with Gasteiger partial charge in [-0.05, 0) is 19.8 Å². The SMILES string of the molecule is Cc1nn(CC(C)C)c(C)c1CC(=O)OC(C(=O)c1ccccc1)c1ccccc1. The van der Waals surface area contributed by atoms with E-state index >= 15 is 0 Å². The van der Waals surface area contributed by atoms with Crippen LogP contribution in [0, 0.1) is 19.8 Å². The molecule has 0 saturated carbocycles. The third kappa shape index (κ3) is 5.03. The van der Waals surface area contributed by atoms with E-state index in [-0.39, 0.29) is 12.2 Å². The monoisotopic (exact) mass is 404 g/mol. The molecular weight excluding hydrogens is 376 g/mol. The van der Waals surface area contributed by atoms with Gasteiger partial charge in [-0.1, -0.05) is 74.5 Å². The fourth-order valence-electron chi connectivity index (χ4n) is 3.49. The van der Waals surface area contributed by atoms with E-state index in [9.17, 15) is 9.59 Å². The Balaban J connectivity index is 1.83. The highest BCUT2D eigenvalue weighted by atomic mass is 16.5. The van der Waals surface area contributed by atoms with E-state index in [1.165, 1.54) is 0 Å². The molecule has 0 radical (unpaired) electrons. The fourth-order valence-corrected chi connectivity index (χ4v) is 3.49. The highest BCUT2D eigenvalue weighted by Crippen LogP contribution is 2.24. The number of carbonyl (C=O) groups is 2. The minimum atomic E-state index is -0.979. The zero-order chi connectivity index (χ0) is 21.7. The highest BCUT2D eigenvalue weighted by Gasteiger charge is 2.27. The maximum absolute atomic E-state index is 13.1. The number of esters is 1. The van der Waals surface area contributed by atoms with Crippen molar-refractivity contribution in [1.82, 2.24) is 9.78 Å². The summed E-state index contributed by atoms with van der Waals surface area (Å²) in [5.41, 5.74) is 3.80. The van der Waals surface area contributed by atoms with Crippen molar-refractivity contribution >= 4 is 11.8 Å². The predicted octanol–water partition coefficient (Wildman–Crippen LogP) is 4.87. The molecule has 0 aliphatic heterocycles. The molecule has 3 rings (SSSR count). The topological polar surface area (TPSA) is 61.2 Å². The number of ether oxygens (including phenoxy) is 1. The Morgan fingerprint density at radius 2 is 1.57 bits per heavy atom. The van der Waals surface area contributed by atoms with Crippen LogP contribution in [-0.2, 0) is 22.5 Å². The van der Waals surface area contributed by atoms with Gasteiger partial charge in [0.15, 0.2) is 6.10 Å². The van der Waals surface area contributed by atoms with E-state index in [2.05, 4.69) is 18.9 Å². The molecule has 0 spiro atoms. The number of hydrogen-bond donors (Lipinski definition) is 0. The summed E-state index contributed by atoms with van der Waals surface area (Å²) in [5, 5.41) is 4.57. The van der Waals surface area contributed by atoms with Gasteiger partial charge in [-0.3, -0.25) is 14.3 Å². The summed E-state index contributed by atoms with van der Waals surface area (Å²) in [7, 11) is 0. The van der Waals surface area contributed by atoms with Crippen LogP contribution in [0.25, 0.3) is 0 Å². The van der Waals surface area contributed by atoms with Crippen molar-refractivity contribution < 1.29 is 14.3 Å². The number of aryl methyl sites for hydroxylation is 1. The first-order valence-corrected chi connectivity index (χ1v) is 10.2. The molecule has 0 fully saturated rings. The summed E-state index contributed by atoms with van der Waals surface area (Å²) >= 11 is 0. The molecule has 5 nitrogen and oxygen atoms in total. The molecule has 1 aromatic heterocycles. The number of aromatic nitrogens is 2. The zero-order valence-corrected chi connectivity index (χ0v) is 18.0. The van der Waals surface area contributed by atoms with Crippen LogP contribution < -0.4 is 0 Å².